The highest BCUT2D eigenvalue weighted by Gasteiger charge is 2.06. The van der Waals surface area contributed by atoms with Crippen LogP contribution in [0, 0.1) is 10.2 Å². The van der Waals surface area contributed by atoms with Gasteiger partial charge in [0.05, 0.1) is 0 Å². The average Bonchev–Trinajstić information content (AvgIpc) is 1.82. The second kappa shape index (κ2) is 2.90. The Kier molecular flexibility index (Phi) is 2.09. The Hall–Kier alpha value is -1.43. The van der Waals surface area contributed by atoms with Gasteiger partial charge in [-0.25, -0.2) is 0 Å². The van der Waals surface area contributed by atoms with Gasteiger partial charge in [0.1, 0.15) is 11.4 Å². The standard InChI is InChI=1S/C6H8N4OS/c1-2(7)3-4(8)9-6(12)10-5(3)11/h7H,1H3,(H4,8,9,10,11,12). The molecular weight excluding hydrogens is 176 g/mol. The molecule has 0 saturated heterocycles. The molecule has 0 fully saturated rings. The Balaban J connectivity index is 3.60. The largest absolute Gasteiger partial charge is 0.384 e. The number of hydrogen-bond acceptors (Lipinski definition) is 4. The Morgan fingerprint density at radius 1 is 1.58 bits per heavy atom. The van der Waals surface area contributed by atoms with E-state index in [-0.39, 0.29) is 21.9 Å². The van der Waals surface area contributed by atoms with Crippen molar-refractivity contribution in [2.45, 2.75) is 6.92 Å². The Labute approximate surface area is 73.1 Å². The predicted octanol–water partition coefficient (Wildman–Crippen LogP) is 0.402. The van der Waals surface area contributed by atoms with E-state index < -0.39 is 5.56 Å². The molecule has 0 bridgehead atoms. The second-order valence-corrected chi connectivity index (χ2v) is 2.73. The number of H-pyrrole nitrogens is 2. The lowest BCUT2D eigenvalue weighted by Gasteiger charge is -2.00. The minimum Gasteiger partial charge on any atom is -0.384 e. The van der Waals surface area contributed by atoms with Crippen LogP contribution in [0.25, 0.3) is 0 Å². The van der Waals surface area contributed by atoms with Crippen LogP contribution in [0.2, 0.25) is 0 Å². The maximum Gasteiger partial charge on any atom is 0.262 e. The molecule has 0 radical (unpaired) electrons. The molecule has 1 aromatic rings. The third kappa shape index (κ3) is 1.42. The van der Waals surface area contributed by atoms with Gasteiger partial charge in [-0.2, -0.15) is 0 Å². The molecule has 0 amide bonds. The Bertz CT molecular complexity index is 430. The number of nitrogens with one attached hydrogen (secondary N) is 3. The van der Waals surface area contributed by atoms with Crippen molar-refractivity contribution >= 4 is 23.7 Å². The summed E-state index contributed by atoms with van der Waals surface area (Å²) in [6.45, 7) is 1.48. The van der Waals surface area contributed by atoms with Crippen LogP contribution < -0.4 is 11.3 Å². The molecule has 0 aliphatic carbocycles. The molecular formula is C6H8N4OS. The summed E-state index contributed by atoms with van der Waals surface area (Å²) >= 11 is 4.67. The molecule has 0 unspecified atom stereocenters. The number of aromatic nitrogens is 2. The van der Waals surface area contributed by atoms with Crippen LogP contribution in [0.4, 0.5) is 5.82 Å². The van der Waals surface area contributed by atoms with Crippen molar-refractivity contribution in [3.05, 3.63) is 20.7 Å². The van der Waals surface area contributed by atoms with Crippen LogP contribution in [0.15, 0.2) is 4.79 Å². The third-order valence-corrected chi connectivity index (χ3v) is 1.55. The zero-order valence-electron chi connectivity index (χ0n) is 6.39. The molecule has 5 nitrogen and oxygen atoms in total. The highest BCUT2D eigenvalue weighted by molar-refractivity contribution is 7.71. The van der Waals surface area contributed by atoms with Crippen LogP contribution in [0.3, 0.4) is 0 Å². The van der Waals surface area contributed by atoms with Crippen LogP contribution in [0.1, 0.15) is 12.5 Å². The monoisotopic (exact) mass is 184 g/mol. The highest BCUT2D eigenvalue weighted by atomic mass is 32.1. The lowest BCUT2D eigenvalue weighted by molar-refractivity contribution is 1.08. The number of hydrogen-bond donors (Lipinski definition) is 4. The summed E-state index contributed by atoms with van der Waals surface area (Å²) in [6.07, 6.45) is 0. The van der Waals surface area contributed by atoms with Crippen molar-refractivity contribution in [2.24, 2.45) is 0 Å². The van der Waals surface area contributed by atoms with Gasteiger partial charge in [0.15, 0.2) is 4.77 Å². The van der Waals surface area contributed by atoms with Gasteiger partial charge in [-0.1, -0.05) is 0 Å². The van der Waals surface area contributed by atoms with E-state index in [0.29, 0.717) is 0 Å². The van der Waals surface area contributed by atoms with E-state index in [0.717, 1.165) is 0 Å². The van der Waals surface area contributed by atoms with Crippen LogP contribution in [-0.2, 0) is 0 Å². The van der Waals surface area contributed by atoms with Crippen LogP contribution in [0.5, 0.6) is 0 Å². The normalized spacial score (nSPS) is 9.75. The first-order valence-corrected chi connectivity index (χ1v) is 3.61. The van der Waals surface area contributed by atoms with E-state index in [4.69, 9.17) is 11.1 Å². The van der Waals surface area contributed by atoms with Gasteiger partial charge in [0.25, 0.3) is 5.56 Å². The van der Waals surface area contributed by atoms with Gasteiger partial charge in [-0.15, -0.1) is 0 Å². The minimum atomic E-state index is -0.427. The smallest absolute Gasteiger partial charge is 0.262 e. The van der Waals surface area contributed by atoms with E-state index in [9.17, 15) is 4.79 Å². The van der Waals surface area contributed by atoms with Gasteiger partial charge in [-0.3, -0.25) is 9.78 Å². The van der Waals surface area contributed by atoms with Crippen molar-refractivity contribution in [1.82, 2.24) is 9.97 Å². The van der Waals surface area contributed by atoms with E-state index in [1.165, 1.54) is 6.92 Å². The molecule has 1 rings (SSSR count). The van der Waals surface area contributed by atoms with Gasteiger partial charge in [0.2, 0.25) is 0 Å². The summed E-state index contributed by atoms with van der Waals surface area (Å²) in [7, 11) is 0. The predicted molar refractivity (Wildman–Crippen MR) is 49.2 cm³/mol. The first-order valence-electron chi connectivity index (χ1n) is 3.20. The molecule has 0 saturated carbocycles. The van der Waals surface area contributed by atoms with Gasteiger partial charge in [-0.05, 0) is 19.1 Å². The molecule has 12 heavy (non-hydrogen) atoms. The molecule has 1 heterocycles. The van der Waals surface area contributed by atoms with Gasteiger partial charge in [0, 0.05) is 5.71 Å². The molecule has 6 heteroatoms. The fourth-order valence-corrected chi connectivity index (χ4v) is 1.08. The average molecular weight is 184 g/mol. The summed E-state index contributed by atoms with van der Waals surface area (Å²) in [5, 5.41) is 7.23. The first kappa shape index (κ1) is 8.66. The fraction of sp³-hybridized carbons (Fsp3) is 0.167. The van der Waals surface area contributed by atoms with E-state index in [1.807, 2.05) is 0 Å². The number of rotatable bonds is 1. The molecule has 0 aromatic carbocycles. The molecule has 0 atom stereocenters. The van der Waals surface area contributed by atoms with Gasteiger partial charge >= 0.3 is 0 Å². The van der Waals surface area contributed by atoms with Crippen molar-refractivity contribution < 1.29 is 0 Å². The number of nitrogens with two attached hydrogens (primary N) is 1. The maximum absolute atomic E-state index is 11.1. The zero-order valence-corrected chi connectivity index (χ0v) is 7.21. The number of anilines is 1. The van der Waals surface area contributed by atoms with E-state index >= 15 is 0 Å². The molecule has 0 aliphatic rings. The lowest BCUT2D eigenvalue weighted by atomic mass is 10.2. The summed E-state index contributed by atoms with van der Waals surface area (Å²) < 4.78 is 0.169. The van der Waals surface area contributed by atoms with Crippen molar-refractivity contribution in [1.29, 1.82) is 5.41 Å². The summed E-state index contributed by atoms with van der Waals surface area (Å²) in [5.41, 5.74) is 5.27. The van der Waals surface area contributed by atoms with E-state index in [1.54, 1.807) is 0 Å². The quantitative estimate of drug-likeness (QED) is 0.375. The second-order valence-electron chi connectivity index (χ2n) is 2.32. The zero-order chi connectivity index (χ0) is 9.30. The highest BCUT2D eigenvalue weighted by Crippen LogP contribution is 2.00. The van der Waals surface area contributed by atoms with Crippen LogP contribution in [-0.4, -0.2) is 15.7 Å². The number of aromatic amines is 2. The molecule has 5 N–H and O–H groups in total. The maximum atomic E-state index is 11.1. The molecule has 64 valence electrons. The minimum absolute atomic E-state index is 0.111. The molecule has 1 aromatic heterocycles. The Morgan fingerprint density at radius 3 is 2.58 bits per heavy atom. The topological polar surface area (TPSA) is 98.5 Å². The summed E-state index contributed by atoms with van der Waals surface area (Å²) in [5.74, 6) is 0.135. The third-order valence-electron chi connectivity index (χ3n) is 1.35. The SMILES string of the molecule is CC(=N)c1c(N)[nH]c(=S)[nH]c1=O. The Morgan fingerprint density at radius 2 is 2.17 bits per heavy atom. The van der Waals surface area contributed by atoms with Crippen molar-refractivity contribution in [3.63, 3.8) is 0 Å². The molecule has 0 aliphatic heterocycles. The first-order chi connectivity index (χ1) is 5.52. The summed E-state index contributed by atoms with van der Waals surface area (Å²) in [4.78, 5) is 16.0. The molecule has 0 spiro atoms. The van der Waals surface area contributed by atoms with Crippen molar-refractivity contribution in [2.75, 3.05) is 5.73 Å². The van der Waals surface area contributed by atoms with Crippen LogP contribution >= 0.6 is 12.2 Å². The lowest BCUT2D eigenvalue weighted by Crippen LogP contribution is -2.20. The fourth-order valence-electron chi connectivity index (χ4n) is 0.876. The summed E-state index contributed by atoms with van der Waals surface area (Å²) in [6, 6.07) is 0. The van der Waals surface area contributed by atoms with E-state index in [2.05, 4.69) is 22.2 Å². The number of nitrogen functional groups attached to an aromatic ring is 1. The van der Waals surface area contributed by atoms with Crippen molar-refractivity contribution in [3.8, 4) is 0 Å². The van der Waals surface area contributed by atoms with Gasteiger partial charge < -0.3 is 16.1 Å².